The summed E-state index contributed by atoms with van der Waals surface area (Å²) in [7, 11) is 1.65. The molecule has 2 atom stereocenters. The van der Waals surface area contributed by atoms with Gasteiger partial charge in [0.1, 0.15) is 5.82 Å². The number of likely N-dealkylation sites (N-methyl/N-ethyl adjacent to an activating group) is 1. The van der Waals surface area contributed by atoms with E-state index in [-0.39, 0.29) is 25.1 Å². The van der Waals surface area contributed by atoms with Crippen molar-refractivity contribution in [1.29, 1.82) is 0 Å². The van der Waals surface area contributed by atoms with Gasteiger partial charge in [-0.15, -0.1) is 0 Å². The molecule has 10 heteroatoms. The monoisotopic (exact) mass is 503 g/mol. The standard InChI is InChI=1S/C27H26FN5O4/c1-17(29-2)25(34)32-24-26(35)33(21(13-31-24)18-4-7-20(28)8-5-18)15-27(10-3-11-30-14-27)19-6-9-22-23(12-19)37-16-36-22/h3-13,17,29H,14-16H2,1-2H3,(H,31,32,34)/t17-,27?/m0/s1. The molecular formula is C27H26FN5O4. The number of aliphatic imine (C=N–C) groups is 1. The van der Waals surface area contributed by atoms with Crippen LogP contribution in [0.25, 0.3) is 11.3 Å². The molecule has 190 valence electrons. The van der Waals surface area contributed by atoms with Gasteiger partial charge in [-0.05, 0) is 62.0 Å². The number of carbonyl (C=O) groups excluding carboxylic acids is 1. The first-order valence-corrected chi connectivity index (χ1v) is 11.8. The number of amides is 1. The number of hydrogen-bond donors (Lipinski definition) is 2. The van der Waals surface area contributed by atoms with Crippen LogP contribution in [0.2, 0.25) is 0 Å². The van der Waals surface area contributed by atoms with Crippen LogP contribution in [0.1, 0.15) is 12.5 Å². The number of anilines is 1. The fourth-order valence-electron chi connectivity index (χ4n) is 4.36. The smallest absolute Gasteiger partial charge is 0.294 e. The van der Waals surface area contributed by atoms with Crippen LogP contribution in [0.5, 0.6) is 11.5 Å². The molecule has 2 aliphatic heterocycles. The van der Waals surface area contributed by atoms with Crippen LogP contribution in [0.15, 0.2) is 70.6 Å². The average molecular weight is 504 g/mol. The van der Waals surface area contributed by atoms with Crippen LogP contribution >= 0.6 is 0 Å². The highest BCUT2D eigenvalue weighted by atomic mass is 19.1. The summed E-state index contributed by atoms with van der Waals surface area (Å²) in [6, 6.07) is 11.0. The summed E-state index contributed by atoms with van der Waals surface area (Å²) in [5, 5.41) is 5.47. The topological polar surface area (TPSA) is 107 Å². The SMILES string of the molecule is CN[C@@H](C)C(=O)Nc1ncc(-c2ccc(F)cc2)n(CC2(c3ccc4c(c3)OCO4)C=CC=NC2)c1=O. The van der Waals surface area contributed by atoms with E-state index in [0.29, 0.717) is 29.3 Å². The highest BCUT2D eigenvalue weighted by Crippen LogP contribution is 2.39. The Balaban J connectivity index is 1.63. The van der Waals surface area contributed by atoms with Crippen molar-refractivity contribution in [3.63, 3.8) is 0 Å². The molecule has 3 heterocycles. The predicted molar refractivity (Wildman–Crippen MR) is 138 cm³/mol. The van der Waals surface area contributed by atoms with Crippen molar-refractivity contribution in [2.45, 2.75) is 24.9 Å². The number of benzene rings is 2. The van der Waals surface area contributed by atoms with Crippen molar-refractivity contribution >= 4 is 17.9 Å². The van der Waals surface area contributed by atoms with Crippen molar-refractivity contribution in [1.82, 2.24) is 14.9 Å². The maximum absolute atomic E-state index is 13.8. The molecule has 37 heavy (non-hydrogen) atoms. The van der Waals surface area contributed by atoms with Gasteiger partial charge in [-0.25, -0.2) is 9.37 Å². The Kier molecular flexibility index (Phi) is 6.58. The first-order valence-electron chi connectivity index (χ1n) is 11.8. The molecule has 0 bridgehead atoms. The maximum Gasteiger partial charge on any atom is 0.294 e. The second kappa shape index (κ2) is 9.98. The van der Waals surface area contributed by atoms with E-state index in [4.69, 9.17) is 9.47 Å². The Morgan fingerprint density at radius 2 is 1.97 bits per heavy atom. The molecule has 2 aliphatic rings. The van der Waals surface area contributed by atoms with Gasteiger partial charge in [0, 0.05) is 18.3 Å². The third kappa shape index (κ3) is 4.75. The van der Waals surface area contributed by atoms with Gasteiger partial charge in [-0.3, -0.25) is 14.6 Å². The minimum Gasteiger partial charge on any atom is -0.454 e. The van der Waals surface area contributed by atoms with Crippen molar-refractivity contribution < 1.29 is 18.7 Å². The summed E-state index contributed by atoms with van der Waals surface area (Å²) in [6.07, 6.45) is 7.07. The third-order valence-corrected chi connectivity index (χ3v) is 6.63. The van der Waals surface area contributed by atoms with E-state index >= 15 is 0 Å². The molecule has 1 unspecified atom stereocenters. The number of halogens is 1. The fraction of sp³-hybridized carbons (Fsp3) is 0.259. The molecule has 9 nitrogen and oxygen atoms in total. The highest BCUT2D eigenvalue weighted by molar-refractivity contribution is 5.93. The van der Waals surface area contributed by atoms with Gasteiger partial charge in [0.2, 0.25) is 12.7 Å². The van der Waals surface area contributed by atoms with Gasteiger partial charge in [0.25, 0.3) is 5.56 Å². The molecule has 3 aromatic rings. The van der Waals surface area contributed by atoms with Gasteiger partial charge in [0.15, 0.2) is 17.3 Å². The van der Waals surface area contributed by atoms with Crippen LogP contribution in [0.3, 0.4) is 0 Å². The Bertz CT molecular complexity index is 1450. The van der Waals surface area contributed by atoms with Crippen LogP contribution < -0.4 is 25.7 Å². The fourth-order valence-corrected chi connectivity index (χ4v) is 4.36. The van der Waals surface area contributed by atoms with E-state index in [1.807, 2.05) is 30.4 Å². The van der Waals surface area contributed by atoms with E-state index in [1.165, 1.54) is 18.3 Å². The quantitative estimate of drug-likeness (QED) is 0.514. The third-order valence-electron chi connectivity index (χ3n) is 6.63. The lowest BCUT2D eigenvalue weighted by Gasteiger charge is -2.33. The summed E-state index contributed by atoms with van der Waals surface area (Å²) in [5.41, 5.74) is 0.772. The number of rotatable bonds is 7. The molecule has 0 saturated carbocycles. The van der Waals surface area contributed by atoms with E-state index in [9.17, 15) is 14.0 Å². The van der Waals surface area contributed by atoms with Gasteiger partial charge in [-0.1, -0.05) is 12.1 Å². The summed E-state index contributed by atoms with van der Waals surface area (Å²) in [6.45, 7) is 2.38. The molecule has 0 radical (unpaired) electrons. The molecule has 0 fully saturated rings. The second-order valence-corrected chi connectivity index (χ2v) is 8.96. The molecule has 5 rings (SSSR count). The zero-order chi connectivity index (χ0) is 26.0. The van der Waals surface area contributed by atoms with Crippen LogP contribution in [-0.4, -0.2) is 48.1 Å². The average Bonchev–Trinajstić information content (AvgIpc) is 3.40. The predicted octanol–water partition coefficient (Wildman–Crippen LogP) is 2.90. The number of carbonyl (C=O) groups is 1. The van der Waals surface area contributed by atoms with Crippen LogP contribution in [-0.2, 0) is 16.8 Å². The summed E-state index contributed by atoms with van der Waals surface area (Å²) in [4.78, 5) is 35.1. The Hall–Kier alpha value is -4.31. The summed E-state index contributed by atoms with van der Waals surface area (Å²) >= 11 is 0. The van der Waals surface area contributed by atoms with Gasteiger partial charge < -0.3 is 24.7 Å². The number of nitrogens with zero attached hydrogens (tertiary/aromatic N) is 3. The van der Waals surface area contributed by atoms with E-state index in [2.05, 4.69) is 20.6 Å². The number of fused-ring (bicyclic) bond motifs is 1. The minimum absolute atomic E-state index is 0.0953. The molecule has 0 aliphatic carbocycles. The lowest BCUT2D eigenvalue weighted by atomic mass is 9.78. The number of aromatic nitrogens is 2. The van der Waals surface area contributed by atoms with Crippen LogP contribution in [0.4, 0.5) is 10.2 Å². The van der Waals surface area contributed by atoms with Gasteiger partial charge in [0.05, 0.1) is 29.9 Å². The lowest BCUT2D eigenvalue weighted by molar-refractivity contribution is -0.117. The highest BCUT2D eigenvalue weighted by Gasteiger charge is 2.34. The Morgan fingerprint density at radius 1 is 1.19 bits per heavy atom. The number of allylic oxidation sites excluding steroid dienone is 1. The van der Waals surface area contributed by atoms with E-state index in [0.717, 1.165) is 5.56 Å². The largest absolute Gasteiger partial charge is 0.454 e. The van der Waals surface area contributed by atoms with Crippen molar-refractivity contribution in [2.24, 2.45) is 4.99 Å². The Labute approximate surface area is 212 Å². The normalized spacial score (nSPS) is 18.6. The number of ether oxygens (including phenoxy) is 2. The molecule has 2 N–H and O–H groups in total. The first-order chi connectivity index (χ1) is 17.9. The minimum atomic E-state index is -0.713. The van der Waals surface area contributed by atoms with Crippen molar-refractivity contribution in [3.8, 4) is 22.8 Å². The van der Waals surface area contributed by atoms with E-state index < -0.39 is 22.8 Å². The van der Waals surface area contributed by atoms with Crippen molar-refractivity contribution in [3.05, 3.63) is 82.5 Å². The second-order valence-electron chi connectivity index (χ2n) is 8.96. The molecule has 0 spiro atoms. The van der Waals surface area contributed by atoms with Gasteiger partial charge in [-0.2, -0.15) is 0 Å². The zero-order valence-electron chi connectivity index (χ0n) is 20.4. The van der Waals surface area contributed by atoms with Crippen LogP contribution in [0, 0.1) is 5.82 Å². The summed E-state index contributed by atoms with van der Waals surface area (Å²) in [5.74, 6) is 0.397. The van der Waals surface area contributed by atoms with E-state index in [1.54, 1.807) is 36.9 Å². The number of nitrogens with one attached hydrogen (secondary N) is 2. The zero-order valence-corrected chi connectivity index (χ0v) is 20.4. The molecule has 0 saturated heterocycles. The van der Waals surface area contributed by atoms with Gasteiger partial charge >= 0.3 is 0 Å². The Morgan fingerprint density at radius 3 is 2.70 bits per heavy atom. The molecule has 1 aromatic heterocycles. The molecular weight excluding hydrogens is 477 g/mol. The number of dihydropyridines is 1. The first kappa shape index (κ1) is 24.4. The summed E-state index contributed by atoms with van der Waals surface area (Å²) < 4.78 is 26.3. The molecule has 2 aromatic carbocycles. The lowest BCUT2D eigenvalue weighted by Crippen LogP contribution is -2.41. The van der Waals surface area contributed by atoms with Crippen molar-refractivity contribution in [2.75, 3.05) is 25.7 Å². The maximum atomic E-state index is 13.8. The molecule has 1 amide bonds. The number of hydrogen-bond acceptors (Lipinski definition) is 7.